The molecule has 0 saturated heterocycles. The molecule has 10 heteroatoms. The number of fused-ring (bicyclic) bond motifs is 1. The number of rotatable bonds is 10. The highest BCUT2D eigenvalue weighted by Gasteiger charge is 2.22. The maximum Gasteiger partial charge on any atom is 0.332 e. The van der Waals surface area contributed by atoms with Gasteiger partial charge in [0, 0.05) is 25.2 Å². The Morgan fingerprint density at radius 3 is 2.28 bits per heavy atom. The Morgan fingerprint density at radius 2 is 1.62 bits per heavy atom. The van der Waals surface area contributed by atoms with E-state index < -0.39 is 0 Å². The van der Waals surface area contributed by atoms with Gasteiger partial charge in [0.05, 0.1) is 5.69 Å². The standard InChI is InChI=1S/C29H32N8O2/c1-5-16-34-27-25(28(38)35(17-6-2)29(34)39)36(26(31-27)20(4)7-3)18-21-12-14-22(15-13-21)23-10-8-9-11-24(23)37-19-30-32-33-37/h8-15,19H,4-7,16-18H2,1-3H3. The number of benzene rings is 2. The van der Waals surface area contributed by atoms with Crippen LogP contribution in [-0.2, 0) is 19.6 Å². The summed E-state index contributed by atoms with van der Waals surface area (Å²) >= 11 is 0. The fourth-order valence-electron chi connectivity index (χ4n) is 4.88. The quantitative estimate of drug-likeness (QED) is 0.270. The highest BCUT2D eigenvalue weighted by molar-refractivity contribution is 5.76. The van der Waals surface area contributed by atoms with Crippen LogP contribution in [0.1, 0.15) is 51.4 Å². The van der Waals surface area contributed by atoms with E-state index in [2.05, 4.69) is 22.1 Å². The normalized spacial score (nSPS) is 11.4. The van der Waals surface area contributed by atoms with Gasteiger partial charge >= 0.3 is 5.69 Å². The molecule has 5 aromatic rings. The Bertz CT molecular complexity index is 1740. The number of nitrogens with zero attached hydrogens (tertiary/aromatic N) is 8. The van der Waals surface area contributed by atoms with Crippen LogP contribution < -0.4 is 11.2 Å². The summed E-state index contributed by atoms with van der Waals surface area (Å²) in [4.78, 5) is 31.7. The van der Waals surface area contributed by atoms with Crippen LogP contribution >= 0.6 is 0 Å². The maximum atomic E-state index is 13.7. The van der Waals surface area contributed by atoms with E-state index in [1.54, 1.807) is 15.6 Å². The molecule has 0 aliphatic rings. The minimum atomic E-state index is -0.307. The second kappa shape index (κ2) is 11.0. The molecular formula is C29H32N8O2. The predicted octanol–water partition coefficient (Wildman–Crippen LogP) is 4.29. The van der Waals surface area contributed by atoms with E-state index in [0.717, 1.165) is 34.4 Å². The molecule has 0 radical (unpaired) electrons. The Morgan fingerprint density at radius 1 is 0.897 bits per heavy atom. The number of para-hydroxylation sites is 1. The first-order valence-electron chi connectivity index (χ1n) is 13.3. The van der Waals surface area contributed by atoms with Gasteiger partial charge in [-0.25, -0.2) is 9.78 Å². The molecule has 0 unspecified atom stereocenters. The third kappa shape index (κ3) is 4.73. The summed E-state index contributed by atoms with van der Waals surface area (Å²) in [5, 5.41) is 11.6. The SMILES string of the molecule is C=C(CC)c1nc2c(c(=O)n(CCC)c(=O)n2CCC)n1Cc1ccc(-c2ccccc2-n2cnnn2)cc1. The molecular weight excluding hydrogens is 492 g/mol. The van der Waals surface area contributed by atoms with Crippen molar-refractivity contribution < 1.29 is 0 Å². The lowest BCUT2D eigenvalue weighted by Gasteiger charge is -2.13. The summed E-state index contributed by atoms with van der Waals surface area (Å²) in [5.41, 5.74) is 4.95. The molecule has 0 amide bonds. The fraction of sp³-hybridized carbons (Fsp3) is 0.310. The number of hydrogen-bond donors (Lipinski definition) is 0. The number of allylic oxidation sites excluding steroid dienone is 1. The zero-order valence-electron chi connectivity index (χ0n) is 22.5. The molecule has 10 nitrogen and oxygen atoms in total. The van der Waals surface area contributed by atoms with E-state index >= 15 is 0 Å². The lowest BCUT2D eigenvalue weighted by Crippen LogP contribution is -2.40. The van der Waals surface area contributed by atoms with Gasteiger partial charge in [0.2, 0.25) is 0 Å². The van der Waals surface area contributed by atoms with Crippen molar-refractivity contribution in [3.8, 4) is 16.8 Å². The van der Waals surface area contributed by atoms with Crippen molar-refractivity contribution in [3.63, 3.8) is 0 Å². The average Bonchev–Trinajstić information content (AvgIpc) is 3.62. The Labute approximate surface area is 225 Å². The molecule has 200 valence electrons. The molecule has 0 aliphatic heterocycles. The molecule has 0 spiro atoms. The summed E-state index contributed by atoms with van der Waals surface area (Å²) in [7, 11) is 0. The summed E-state index contributed by atoms with van der Waals surface area (Å²) in [6, 6.07) is 16.1. The van der Waals surface area contributed by atoms with Gasteiger partial charge in [-0.2, -0.15) is 4.68 Å². The number of imidazole rings is 1. The number of tetrazole rings is 1. The summed E-state index contributed by atoms with van der Waals surface area (Å²) in [5.74, 6) is 0.635. The second-order valence-electron chi connectivity index (χ2n) is 9.51. The van der Waals surface area contributed by atoms with Gasteiger partial charge in [-0.05, 0) is 52.5 Å². The summed E-state index contributed by atoms with van der Waals surface area (Å²) < 4.78 is 6.54. The third-order valence-corrected chi connectivity index (χ3v) is 6.86. The monoisotopic (exact) mass is 524 g/mol. The fourth-order valence-corrected chi connectivity index (χ4v) is 4.88. The molecule has 39 heavy (non-hydrogen) atoms. The van der Waals surface area contributed by atoms with Crippen LogP contribution in [0, 0.1) is 0 Å². The van der Waals surface area contributed by atoms with Gasteiger partial charge in [0.1, 0.15) is 12.2 Å². The number of hydrogen-bond acceptors (Lipinski definition) is 6. The van der Waals surface area contributed by atoms with Crippen molar-refractivity contribution in [2.75, 3.05) is 0 Å². The minimum Gasteiger partial charge on any atom is -0.314 e. The molecule has 0 bridgehead atoms. The predicted molar refractivity (Wildman–Crippen MR) is 152 cm³/mol. The Hall–Kier alpha value is -4.60. The summed E-state index contributed by atoms with van der Waals surface area (Å²) in [6.07, 6.45) is 3.69. The average molecular weight is 525 g/mol. The third-order valence-electron chi connectivity index (χ3n) is 6.86. The molecule has 0 N–H and O–H groups in total. The first-order chi connectivity index (χ1) is 19.0. The molecule has 0 aliphatic carbocycles. The van der Waals surface area contributed by atoms with Crippen LogP contribution in [0.5, 0.6) is 0 Å². The molecule has 2 aromatic carbocycles. The van der Waals surface area contributed by atoms with E-state index in [1.807, 2.05) is 73.9 Å². The van der Waals surface area contributed by atoms with E-state index in [4.69, 9.17) is 4.98 Å². The van der Waals surface area contributed by atoms with E-state index in [0.29, 0.717) is 49.5 Å². The Balaban J connectivity index is 1.62. The van der Waals surface area contributed by atoms with Crippen molar-refractivity contribution in [2.45, 2.75) is 59.7 Å². The van der Waals surface area contributed by atoms with Crippen molar-refractivity contribution in [1.82, 2.24) is 38.9 Å². The van der Waals surface area contributed by atoms with Crippen LogP contribution in [0.2, 0.25) is 0 Å². The number of aryl methyl sites for hydroxylation is 1. The van der Waals surface area contributed by atoms with Crippen molar-refractivity contribution >= 4 is 16.7 Å². The van der Waals surface area contributed by atoms with Crippen LogP contribution in [-0.4, -0.2) is 38.9 Å². The topological polar surface area (TPSA) is 105 Å². The molecule has 0 atom stereocenters. The van der Waals surface area contributed by atoms with Crippen molar-refractivity contribution in [3.05, 3.63) is 93.7 Å². The van der Waals surface area contributed by atoms with Crippen LogP contribution in [0.25, 0.3) is 33.6 Å². The lowest BCUT2D eigenvalue weighted by molar-refractivity contribution is 0.554. The van der Waals surface area contributed by atoms with E-state index in [1.165, 1.54) is 4.57 Å². The first kappa shape index (κ1) is 26.0. The number of aromatic nitrogens is 8. The van der Waals surface area contributed by atoms with Gasteiger partial charge in [-0.15, -0.1) is 5.10 Å². The van der Waals surface area contributed by atoms with Crippen molar-refractivity contribution in [2.24, 2.45) is 0 Å². The summed E-state index contributed by atoms with van der Waals surface area (Å²) in [6.45, 7) is 11.5. The lowest BCUT2D eigenvalue weighted by atomic mass is 10.0. The molecule has 0 saturated carbocycles. The highest BCUT2D eigenvalue weighted by atomic mass is 16.2. The minimum absolute atomic E-state index is 0.305. The molecule has 3 heterocycles. The molecule has 0 fully saturated rings. The van der Waals surface area contributed by atoms with Gasteiger partial charge in [-0.1, -0.05) is 69.8 Å². The van der Waals surface area contributed by atoms with Crippen LogP contribution in [0.3, 0.4) is 0 Å². The molecule has 5 rings (SSSR count). The van der Waals surface area contributed by atoms with Gasteiger partial charge in [-0.3, -0.25) is 13.9 Å². The van der Waals surface area contributed by atoms with E-state index in [9.17, 15) is 9.59 Å². The van der Waals surface area contributed by atoms with Crippen LogP contribution in [0.15, 0.2) is 71.0 Å². The first-order valence-corrected chi connectivity index (χ1v) is 13.3. The van der Waals surface area contributed by atoms with Gasteiger partial charge in [0.15, 0.2) is 11.2 Å². The van der Waals surface area contributed by atoms with Gasteiger partial charge in [0.25, 0.3) is 5.56 Å². The molecule has 3 aromatic heterocycles. The van der Waals surface area contributed by atoms with Crippen LogP contribution in [0.4, 0.5) is 0 Å². The zero-order valence-corrected chi connectivity index (χ0v) is 22.5. The smallest absolute Gasteiger partial charge is 0.314 e. The largest absolute Gasteiger partial charge is 0.332 e. The highest BCUT2D eigenvalue weighted by Crippen LogP contribution is 2.27. The maximum absolute atomic E-state index is 13.7. The second-order valence-corrected chi connectivity index (χ2v) is 9.51. The zero-order chi connectivity index (χ0) is 27.5. The van der Waals surface area contributed by atoms with Gasteiger partial charge < -0.3 is 4.57 Å². The van der Waals surface area contributed by atoms with E-state index in [-0.39, 0.29) is 11.2 Å². The van der Waals surface area contributed by atoms with Crippen molar-refractivity contribution in [1.29, 1.82) is 0 Å². The Kier molecular flexibility index (Phi) is 7.36.